The van der Waals surface area contributed by atoms with Crippen molar-refractivity contribution in [2.75, 3.05) is 0 Å². The number of hydrogen-bond acceptors (Lipinski definition) is 0. The Bertz CT molecular complexity index is 815. The summed E-state index contributed by atoms with van der Waals surface area (Å²) in [7, 11) is 0. The van der Waals surface area contributed by atoms with E-state index in [0.29, 0.717) is 0 Å². The zero-order valence-corrected chi connectivity index (χ0v) is 13.3. The predicted molar refractivity (Wildman–Crippen MR) is 83.1 cm³/mol. The molecule has 3 aromatic rings. The molecule has 0 saturated heterocycles. The molecule has 0 amide bonds. The van der Waals surface area contributed by atoms with Crippen molar-refractivity contribution in [3.63, 3.8) is 0 Å². The molecule has 1 nitrogen and oxygen atoms in total. The van der Waals surface area contributed by atoms with Gasteiger partial charge in [0.2, 0.25) is 5.69 Å². The molecule has 2 heteroatoms. The summed E-state index contributed by atoms with van der Waals surface area (Å²) < 4.78 is 2.33. The maximum atomic E-state index is 2.35. The van der Waals surface area contributed by atoms with E-state index in [0.717, 1.165) is 13.0 Å². The number of allylic oxidation sites excluding steroid dienone is 1. The lowest BCUT2D eigenvalue weighted by Crippen LogP contribution is -3.00. The van der Waals surface area contributed by atoms with Crippen LogP contribution in [0.15, 0.2) is 66.9 Å². The van der Waals surface area contributed by atoms with Gasteiger partial charge >= 0.3 is 0 Å². The van der Waals surface area contributed by atoms with E-state index in [9.17, 15) is 0 Å². The van der Waals surface area contributed by atoms with Crippen LogP contribution in [0.1, 0.15) is 17.7 Å². The number of aryl methyl sites for hydroxylation is 1. The average molecular weight is 338 g/mol. The summed E-state index contributed by atoms with van der Waals surface area (Å²) in [5.74, 6) is 0. The highest BCUT2D eigenvalue weighted by atomic mass is 79.9. The minimum atomic E-state index is 0. The van der Waals surface area contributed by atoms with Crippen LogP contribution in [0.4, 0.5) is 0 Å². The second-order valence-corrected chi connectivity index (χ2v) is 5.27. The van der Waals surface area contributed by atoms with Crippen molar-refractivity contribution < 1.29 is 21.5 Å². The van der Waals surface area contributed by atoms with Crippen LogP contribution in [0.2, 0.25) is 0 Å². The molecule has 0 N–H and O–H groups in total. The summed E-state index contributed by atoms with van der Waals surface area (Å²) in [4.78, 5) is 0. The minimum absolute atomic E-state index is 0. The summed E-state index contributed by atoms with van der Waals surface area (Å²) in [5.41, 5.74) is 4.10. The van der Waals surface area contributed by atoms with Gasteiger partial charge in [0.1, 0.15) is 0 Å². The maximum Gasteiger partial charge on any atom is 0.208 e. The third-order valence-electron chi connectivity index (χ3n) is 4.04. The third kappa shape index (κ3) is 2.52. The maximum absolute atomic E-state index is 2.35. The Morgan fingerprint density at radius 3 is 2.62 bits per heavy atom. The van der Waals surface area contributed by atoms with Gasteiger partial charge in [-0.2, -0.15) is 4.57 Å². The second-order valence-electron chi connectivity index (χ2n) is 5.27. The molecule has 1 aromatic heterocycles. The molecule has 4 rings (SSSR count). The summed E-state index contributed by atoms with van der Waals surface area (Å²) in [5, 5.41) is 2.64. The highest BCUT2D eigenvalue weighted by molar-refractivity contribution is 5.94. The quantitative estimate of drug-likeness (QED) is 0.585. The molecule has 0 saturated carbocycles. The number of fused-ring (bicyclic) bond motifs is 2. The first-order chi connectivity index (χ1) is 9.92. The Morgan fingerprint density at radius 1 is 0.857 bits per heavy atom. The molecule has 0 bridgehead atoms. The van der Waals surface area contributed by atoms with Crippen LogP contribution < -0.4 is 21.5 Å². The molecule has 1 aliphatic heterocycles. The monoisotopic (exact) mass is 337 g/mol. The Hall–Kier alpha value is -1.93. The molecule has 0 atom stereocenters. The van der Waals surface area contributed by atoms with E-state index in [4.69, 9.17) is 0 Å². The second kappa shape index (κ2) is 5.82. The SMILES string of the molecule is C(=C1CC[n+]2ccccc21)c1cccc2ccccc12.[Br-]. The molecular weight excluding hydrogens is 322 g/mol. The molecule has 2 aromatic carbocycles. The van der Waals surface area contributed by atoms with E-state index in [1.54, 1.807) is 0 Å². The lowest BCUT2D eigenvalue weighted by molar-refractivity contribution is -0.689. The predicted octanol–water partition coefficient (Wildman–Crippen LogP) is 1.08. The van der Waals surface area contributed by atoms with Crippen molar-refractivity contribution >= 4 is 22.4 Å². The van der Waals surface area contributed by atoms with Crippen molar-refractivity contribution in [1.29, 1.82) is 0 Å². The van der Waals surface area contributed by atoms with Crippen molar-refractivity contribution in [3.8, 4) is 0 Å². The smallest absolute Gasteiger partial charge is 0.208 e. The molecular formula is C19H16BrN. The molecule has 0 radical (unpaired) electrons. The zero-order chi connectivity index (χ0) is 13.4. The highest BCUT2D eigenvalue weighted by Gasteiger charge is 2.22. The lowest BCUT2D eigenvalue weighted by atomic mass is 10.0. The van der Waals surface area contributed by atoms with Gasteiger partial charge in [0.05, 0.1) is 0 Å². The largest absolute Gasteiger partial charge is 1.00 e. The van der Waals surface area contributed by atoms with Crippen LogP contribution in [0.5, 0.6) is 0 Å². The normalized spacial score (nSPS) is 15.0. The van der Waals surface area contributed by atoms with Gasteiger partial charge in [0.25, 0.3) is 0 Å². The molecule has 21 heavy (non-hydrogen) atoms. The fourth-order valence-corrected chi connectivity index (χ4v) is 3.04. The van der Waals surface area contributed by atoms with Gasteiger partial charge in [-0.15, -0.1) is 0 Å². The standard InChI is InChI=1S/C19H16N.BrH/c1-2-9-18-15(6-1)7-5-8-16(18)14-17-11-13-20-12-4-3-10-19(17)20;/h1-10,12,14H,11,13H2;1H/q+1;/p-1. The van der Waals surface area contributed by atoms with Crippen LogP contribution in [0.3, 0.4) is 0 Å². The Balaban J connectivity index is 0.00000132. The molecule has 0 aliphatic carbocycles. The van der Waals surface area contributed by atoms with Gasteiger partial charge in [-0.05, 0) is 28.5 Å². The number of pyridine rings is 1. The average Bonchev–Trinajstić information content (AvgIpc) is 2.91. The number of benzene rings is 2. The van der Waals surface area contributed by atoms with Gasteiger partial charge in [-0.1, -0.05) is 42.5 Å². The molecule has 104 valence electrons. The van der Waals surface area contributed by atoms with Crippen molar-refractivity contribution in [1.82, 2.24) is 0 Å². The number of nitrogens with zero attached hydrogens (tertiary/aromatic N) is 1. The van der Waals surface area contributed by atoms with Gasteiger partial charge in [0.15, 0.2) is 12.7 Å². The van der Waals surface area contributed by atoms with Gasteiger partial charge in [-0.3, -0.25) is 0 Å². The lowest BCUT2D eigenvalue weighted by Gasteiger charge is -2.02. The van der Waals surface area contributed by atoms with Gasteiger partial charge in [0, 0.05) is 24.1 Å². The summed E-state index contributed by atoms with van der Waals surface area (Å²) in [6.45, 7) is 1.09. The molecule has 2 heterocycles. The summed E-state index contributed by atoms with van der Waals surface area (Å²) in [6, 6.07) is 21.5. The molecule has 0 fully saturated rings. The van der Waals surface area contributed by atoms with E-state index in [1.807, 2.05) is 0 Å². The topological polar surface area (TPSA) is 3.88 Å². The first-order valence-corrected chi connectivity index (χ1v) is 7.09. The van der Waals surface area contributed by atoms with Crippen LogP contribution in [0.25, 0.3) is 22.4 Å². The Morgan fingerprint density at radius 2 is 1.67 bits per heavy atom. The van der Waals surface area contributed by atoms with Gasteiger partial charge < -0.3 is 17.0 Å². The van der Waals surface area contributed by atoms with E-state index < -0.39 is 0 Å². The van der Waals surface area contributed by atoms with Crippen molar-refractivity contribution in [2.24, 2.45) is 0 Å². The van der Waals surface area contributed by atoms with Crippen LogP contribution >= 0.6 is 0 Å². The number of aromatic nitrogens is 1. The van der Waals surface area contributed by atoms with E-state index >= 15 is 0 Å². The minimum Gasteiger partial charge on any atom is -1.00 e. The van der Waals surface area contributed by atoms with Gasteiger partial charge in [-0.25, -0.2) is 0 Å². The van der Waals surface area contributed by atoms with E-state index in [2.05, 4.69) is 77.5 Å². The fraction of sp³-hybridized carbons (Fsp3) is 0.105. The molecule has 0 unspecified atom stereocenters. The Labute approximate surface area is 135 Å². The molecule has 1 aliphatic rings. The summed E-state index contributed by atoms with van der Waals surface area (Å²) in [6.07, 6.45) is 5.63. The third-order valence-corrected chi connectivity index (χ3v) is 4.04. The first kappa shape index (κ1) is 14.0. The Kier molecular flexibility index (Phi) is 3.89. The van der Waals surface area contributed by atoms with E-state index in [-0.39, 0.29) is 17.0 Å². The first-order valence-electron chi connectivity index (χ1n) is 7.09. The number of hydrogen-bond donors (Lipinski definition) is 0. The summed E-state index contributed by atoms with van der Waals surface area (Å²) >= 11 is 0. The van der Waals surface area contributed by atoms with Crippen LogP contribution in [-0.2, 0) is 6.54 Å². The number of rotatable bonds is 1. The highest BCUT2D eigenvalue weighted by Crippen LogP contribution is 2.27. The van der Waals surface area contributed by atoms with Crippen LogP contribution in [0, 0.1) is 0 Å². The number of halogens is 1. The van der Waals surface area contributed by atoms with Crippen molar-refractivity contribution in [2.45, 2.75) is 13.0 Å². The molecule has 0 spiro atoms. The van der Waals surface area contributed by atoms with E-state index in [1.165, 1.54) is 27.6 Å². The fourth-order valence-electron chi connectivity index (χ4n) is 3.04. The zero-order valence-electron chi connectivity index (χ0n) is 11.7. The van der Waals surface area contributed by atoms with Crippen molar-refractivity contribution in [3.05, 3.63) is 78.1 Å². The van der Waals surface area contributed by atoms with Crippen LogP contribution in [-0.4, -0.2) is 0 Å².